The third-order valence-electron chi connectivity index (χ3n) is 2.60. The number of aliphatic hydroxyl groups excluding tert-OH is 1. The van der Waals surface area contributed by atoms with Gasteiger partial charge in [0.15, 0.2) is 5.58 Å². The number of carbonyl (C=O) groups is 1. The van der Waals surface area contributed by atoms with Gasteiger partial charge in [0, 0.05) is 12.1 Å². The van der Waals surface area contributed by atoms with Crippen molar-refractivity contribution in [1.82, 2.24) is 4.57 Å². The summed E-state index contributed by atoms with van der Waals surface area (Å²) in [6.07, 6.45) is 3.32. The Morgan fingerprint density at radius 2 is 2.41 bits per heavy atom. The van der Waals surface area contributed by atoms with Crippen LogP contribution in [0.4, 0.5) is 0 Å². The zero-order valence-electron chi connectivity index (χ0n) is 9.68. The molecule has 5 heteroatoms. The van der Waals surface area contributed by atoms with Crippen molar-refractivity contribution in [1.29, 1.82) is 0 Å². The number of esters is 1. The minimum atomic E-state index is -0.432. The third kappa shape index (κ3) is 2.19. The van der Waals surface area contributed by atoms with Gasteiger partial charge in [0.25, 0.3) is 0 Å². The molecule has 0 saturated carbocycles. The van der Waals surface area contributed by atoms with Crippen LogP contribution >= 0.6 is 0 Å². The largest absolute Gasteiger partial charge is 0.463 e. The zero-order valence-corrected chi connectivity index (χ0v) is 9.68. The maximum Gasteiger partial charge on any atom is 0.355 e. The van der Waals surface area contributed by atoms with Gasteiger partial charge in [0.2, 0.25) is 0 Å². The first-order valence-electron chi connectivity index (χ1n) is 5.62. The second kappa shape index (κ2) is 5.05. The van der Waals surface area contributed by atoms with Crippen molar-refractivity contribution in [2.24, 2.45) is 0 Å². The number of rotatable bonds is 5. The number of aliphatic hydroxyl groups is 1. The highest BCUT2D eigenvalue weighted by Crippen LogP contribution is 2.21. The molecule has 0 saturated heterocycles. The summed E-state index contributed by atoms with van der Waals surface area (Å²) in [5.41, 5.74) is 1.58. The molecular weight excluding hydrogens is 222 g/mol. The van der Waals surface area contributed by atoms with E-state index in [2.05, 4.69) is 0 Å². The Morgan fingerprint density at radius 1 is 1.59 bits per heavy atom. The van der Waals surface area contributed by atoms with E-state index < -0.39 is 5.97 Å². The molecule has 2 aromatic rings. The van der Waals surface area contributed by atoms with Gasteiger partial charge in [-0.15, -0.1) is 0 Å². The maximum atomic E-state index is 11.8. The number of hydrogen-bond acceptors (Lipinski definition) is 4. The molecule has 2 heterocycles. The molecular formula is C12H15NO4. The molecule has 0 bridgehead atoms. The van der Waals surface area contributed by atoms with Crippen LogP contribution in [0, 0.1) is 0 Å². The number of hydrogen-bond donors (Lipinski definition) is 1. The Hall–Kier alpha value is -1.75. The predicted molar refractivity (Wildman–Crippen MR) is 61.6 cm³/mol. The van der Waals surface area contributed by atoms with Crippen LogP contribution in [-0.2, 0) is 11.5 Å². The van der Waals surface area contributed by atoms with Crippen LogP contribution in [0.2, 0.25) is 0 Å². The summed E-state index contributed by atoms with van der Waals surface area (Å²) in [6, 6.07) is 3.29. The molecule has 0 aliphatic carbocycles. The van der Waals surface area contributed by atoms with Crippen LogP contribution in [0.5, 0.6) is 0 Å². The molecule has 2 aromatic heterocycles. The Kier molecular flexibility index (Phi) is 3.49. The molecule has 0 aliphatic heterocycles. The predicted octanol–water partition coefficient (Wildman–Crippen LogP) is 2.14. The molecule has 0 amide bonds. The van der Waals surface area contributed by atoms with Crippen molar-refractivity contribution in [3.05, 3.63) is 24.1 Å². The number of furan rings is 1. The van der Waals surface area contributed by atoms with E-state index in [0.717, 1.165) is 12.8 Å². The minimum absolute atomic E-state index is 0.277. The van der Waals surface area contributed by atoms with Gasteiger partial charge in [-0.1, -0.05) is 13.3 Å². The highest BCUT2D eigenvalue weighted by molar-refractivity contribution is 5.93. The SMILES string of the molecule is CCCCOC(=O)c1cc2occc2n1CO. The number of unbranched alkanes of at least 4 members (excludes halogenated alkanes) is 1. The lowest BCUT2D eigenvalue weighted by molar-refractivity contribution is 0.0478. The Bertz CT molecular complexity index is 512. The maximum absolute atomic E-state index is 11.8. The molecule has 0 fully saturated rings. The Labute approximate surface area is 98.6 Å². The molecule has 0 aromatic carbocycles. The van der Waals surface area contributed by atoms with Crippen molar-refractivity contribution >= 4 is 17.1 Å². The van der Waals surface area contributed by atoms with E-state index in [4.69, 9.17) is 9.15 Å². The fourth-order valence-electron chi connectivity index (χ4n) is 1.68. The van der Waals surface area contributed by atoms with E-state index in [1.807, 2.05) is 6.92 Å². The summed E-state index contributed by atoms with van der Waals surface area (Å²) in [5.74, 6) is -0.432. The molecule has 0 atom stereocenters. The standard InChI is InChI=1S/C12H15NO4/c1-2-3-5-17-12(15)10-7-11-9(4-6-16-11)13(10)8-14/h4,6-7,14H,2-3,5,8H2,1H3. The van der Waals surface area contributed by atoms with Crippen LogP contribution in [-0.4, -0.2) is 22.2 Å². The van der Waals surface area contributed by atoms with E-state index >= 15 is 0 Å². The normalized spacial score (nSPS) is 10.9. The second-order valence-corrected chi connectivity index (χ2v) is 3.76. The third-order valence-corrected chi connectivity index (χ3v) is 2.60. The van der Waals surface area contributed by atoms with Crippen LogP contribution in [0.1, 0.15) is 30.3 Å². The van der Waals surface area contributed by atoms with Crippen molar-refractivity contribution in [2.45, 2.75) is 26.5 Å². The lowest BCUT2D eigenvalue weighted by atomic mass is 10.3. The molecule has 0 radical (unpaired) electrons. The lowest BCUT2D eigenvalue weighted by Crippen LogP contribution is -2.12. The lowest BCUT2D eigenvalue weighted by Gasteiger charge is -2.06. The fourth-order valence-corrected chi connectivity index (χ4v) is 1.68. The highest BCUT2D eigenvalue weighted by Gasteiger charge is 2.17. The van der Waals surface area contributed by atoms with Crippen molar-refractivity contribution in [3.63, 3.8) is 0 Å². The van der Waals surface area contributed by atoms with Gasteiger partial charge in [0.1, 0.15) is 12.4 Å². The summed E-state index contributed by atoms with van der Waals surface area (Å²) in [6.45, 7) is 2.14. The molecule has 1 N–H and O–H groups in total. The molecule has 0 aliphatic rings. The van der Waals surface area contributed by atoms with Crippen molar-refractivity contribution in [3.8, 4) is 0 Å². The summed E-state index contributed by atoms with van der Waals surface area (Å²) < 4.78 is 11.7. The summed E-state index contributed by atoms with van der Waals surface area (Å²) in [5, 5.41) is 9.26. The number of fused-ring (bicyclic) bond motifs is 1. The molecule has 2 rings (SSSR count). The van der Waals surface area contributed by atoms with Gasteiger partial charge in [-0.05, 0) is 6.42 Å². The average molecular weight is 237 g/mol. The fraction of sp³-hybridized carbons (Fsp3) is 0.417. The smallest absolute Gasteiger partial charge is 0.355 e. The van der Waals surface area contributed by atoms with Gasteiger partial charge in [-0.3, -0.25) is 0 Å². The first kappa shape index (κ1) is 11.7. The van der Waals surface area contributed by atoms with Gasteiger partial charge in [0.05, 0.1) is 18.4 Å². The first-order chi connectivity index (χ1) is 8.27. The molecule has 5 nitrogen and oxygen atoms in total. The van der Waals surface area contributed by atoms with Crippen LogP contribution in [0.3, 0.4) is 0 Å². The Morgan fingerprint density at radius 3 is 3.12 bits per heavy atom. The van der Waals surface area contributed by atoms with E-state index in [1.165, 1.54) is 10.8 Å². The highest BCUT2D eigenvalue weighted by atomic mass is 16.5. The molecule has 92 valence electrons. The first-order valence-corrected chi connectivity index (χ1v) is 5.62. The van der Waals surface area contributed by atoms with Gasteiger partial charge >= 0.3 is 5.97 Å². The Balaban J connectivity index is 2.21. The number of nitrogens with zero attached hydrogens (tertiary/aromatic N) is 1. The summed E-state index contributed by atoms with van der Waals surface area (Å²) >= 11 is 0. The summed E-state index contributed by atoms with van der Waals surface area (Å²) in [7, 11) is 0. The summed E-state index contributed by atoms with van der Waals surface area (Å²) in [4.78, 5) is 11.8. The average Bonchev–Trinajstić information content (AvgIpc) is 2.88. The van der Waals surface area contributed by atoms with Crippen LogP contribution in [0.15, 0.2) is 22.8 Å². The second-order valence-electron chi connectivity index (χ2n) is 3.76. The van der Waals surface area contributed by atoms with Gasteiger partial charge < -0.3 is 18.8 Å². The van der Waals surface area contributed by atoms with E-state index in [9.17, 15) is 9.90 Å². The van der Waals surface area contributed by atoms with Crippen molar-refractivity contribution in [2.75, 3.05) is 6.61 Å². The van der Waals surface area contributed by atoms with Crippen LogP contribution in [0.25, 0.3) is 11.1 Å². The van der Waals surface area contributed by atoms with E-state index in [1.54, 1.807) is 12.1 Å². The monoisotopic (exact) mass is 237 g/mol. The molecule has 17 heavy (non-hydrogen) atoms. The van der Waals surface area contributed by atoms with E-state index in [-0.39, 0.29) is 6.73 Å². The minimum Gasteiger partial charge on any atom is -0.463 e. The zero-order chi connectivity index (χ0) is 12.3. The van der Waals surface area contributed by atoms with Crippen LogP contribution < -0.4 is 0 Å². The topological polar surface area (TPSA) is 64.6 Å². The quantitative estimate of drug-likeness (QED) is 0.639. The van der Waals surface area contributed by atoms with Gasteiger partial charge in [-0.2, -0.15) is 0 Å². The van der Waals surface area contributed by atoms with Gasteiger partial charge in [-0.25, -0.2) is 4.79 Å². The molecule has 0 spiro atoms. The number of carbonyl (C=O) groups excluding carboxylic acids is 1. The number of ether oxygens (including phenoxy) is 1. The van der Waals surface area contributed by atoms with Crippen molar-refractivity contribution < 1.29 is 19.1 Å². The number of aromatic nitrogens is 1. The van der Waals surface area contributed by atoms with E-state index in [0.29, 0.717) is 23.4 Å². The molecule has 0 unspecified atom stereocenters.